The third-order valence-corrected chi connectivity index (χ3v) is 4.98. The lowest BCUT2D eigenvalue weighted by Gasteiger charge is -2.18. The van der Waals surface area contributed by atoms with Gasteiger partial charge in [-0.3, -0.25) is 9.59 Å². The van der Waals surface area contributed by atoms with Gasteiger partial charge >= 0.3 is 5.97 Å². The molecule has 0 radical (unpaired) electrons. The molecule has 0 aromatic heterocycles. The molecule has 1 unspecified atom stereocenters. The van der Waals surface area contributed by atoms with E-state index in [1.807, 2.05) is 0 Å². The Morgan fingerprint density at radius 1 is 1.36 bits per heavy atom. The van der Waals surface area contributed by atoms with Crippen molar-refractivity contribution in [2.24, 2.45) is 0 Å². The Balaban J connectivity index is 2.16. The standard InChI is InChI=1S/C9H14O3S2/c10-7(3-1-5-9(11)12)8-4-2-6-13-14-8/h8H,1-6H2,(H,11,12). The van der Waals surface area contributed by atoms with Gasteiger partial charge in [-0.05, 0) is 19.3 Å². The number of rotatable bonds is 5. The molecule has 80 valence electrons. The van der Waals surface area contributed by atoms with Gasteiger partial charge in [-0.25, -0.2) is 0 Å². The molecule has 1 aliphatic rings. The van der Waals surface area contributed by atoms with E-state index >= 15 is 0 Å². The molecule has 0 aromatic carbocycles. The van der Waals surface area contributed by atoms with Gasteiger partial charge < -0.3 is 5.11 Å². The second-order valence-electron chi connectivity index (χ2n) is 3.26. The number of aliphatic carboxylic acids is 1. The molecule has 1 fully saturated rings. The predicted octanol–water partition coefficient (Wildman–Crippen LogP) is 2.35. The summed E-state index contributed by atoms with van der Waals surface area (Å²) in [5, 5.41) is 8.53. The van der Waals surface area contributed by atoms with E-state index in [-0.39, 0.29) is 17.5 Å². The first-order chi connectivity index (χ1) is 6.70. The summed E-state index contributed by atoms with van der Waals surface area (Å²) in [6.45, 7) is 0. The van der Waals surface area contributed by atoms with Gasteiger partial charge in [0.25, 0.3) is 0 Å². The summed E-state index contributed by atoms with van der Waals surface area (Å²) >= 11 is 0. The molecule has 1 atom stereocenters. The number of hydrogen-bond acceptors (Lipinski definition) is 4. The van der Waals surface area contributed by atoms with Crippen molar-refractivity contribution in [3.8, 4) is 0 Å². The average molecular weight is 234 g/mol. The Morgan fingerprint density at radius 2 is 2.14 bits per heavy atom. The van der Waals surface area contributed by atoms with Gasteiger partial charge in [-0.1, -0.05) is 21.6 Å². The zero-order valence-electron chi connectivity index (χ0n) is 7.90. The molecule has 0 amide bonds. The molecule has 3 nitrogen and oxygen atoms in total. The molecule has 0 aliphatic carbocycles. The molecule has 1 aliphatic heterocycles. The van der Waals surface area contributed by atoms with Gasteiger partial charge in [0.15, 0.2) is 0 Å². The van der Waals surface area contributed by atoms with Crippen LogP contribution in [0.25, 0.3) is 0 Å². The smallest absolute Gasteiger partial charge is 0.303 e. The summed E-state index contributed by atoms with van der Waals surface area (Å²) in [6, 6.07) is 0. The van der Waals surface area contributed by atoms with Crippen LogP contribution in [0, 0.1) is 0 Å². The van der Waals surface area contributed by atoms with Crippen LogP contribution in [0.15, 0.2) is 0 Å². The number of hydrogen-bond donors (Lipinski definition) is 1. The van der Waals surface area contributed by atoms with Crippen LogP contribution in [0.1, 0.15) is 32.1 Å². The van der Waals surface area contributed by atoms with Crippen LogP contribution in [-0.2, 0) is 9.59 Å². The van der Waals surface area contributed by atoms with Gasteiger partial charge in [0.1, 0.15) is 5.78 Å². The molecule has 1 heterocycles. The van der Waals surface area contributed by atoms with E-state index in [1.54, 1.807) is 21.6 Å². The van der Waals surface area contributed by atoms with E-state index in [4.69, 9.17) is 5.11 Å². The predicted molar refractivity (Wildman–Crippen MR) is 59.6 cm³/mol. The van der Waals surface area contributed by atoms with E-state index in [1.165, 1.54) is 0 Å². The second kappa shape index (κ2) is 6.35. The maximum absolute atomic E-state index is 11.6. The monoisotopic (exact) mass is 234 g/mol. The maximum Gasteiger partial charge on any atom is 0.303 e. The molecule has 1 saturated heterocycles. The highest BCUT2D eigenvalue weighted by Gasteiger charge is 2.21. The normalized spacial score (nSPS) is 21.9. The van der Waals surface area contributed by atoms with Gasteiger partial charge in [-0.2, -0.15) is 0 Å². The summed E-state index contributed by atoms with van der Waals surface area (Å²) in [6.07, 6.45) is 3.08. The number of ketones is 1. The minimum Gasteiger partial charge on any atom is -0.481 e. The first-order valence-electron chi connectivity index (χ1n) is 4.73. The van der Waals surface area contributed by atoms with Crippen molar-refractivity contribution < 1.29 is 14.7 Å². The van der Waals surface area contributed by atoms with E-state index in [0.717, 1.165) is 18.6 Å². The van der Waals surface area contributed by atoms with Crippen molar-refractivity contribution in [2.45, 2.75) is 37.4 Å². The molecule has 5 heteroatoms. The maximum atomic E-state index is 11.6. The molecule has 0 spiro atoms. The zero-order valence-corrected chi connectivity index (χ0v) is 9.53. The number of carbonyl (C=O) groups is 2. The van der Waals surface area contributed by atoms with Crippen molar-refractivity contribution in [3.63, 3.8) is 0 Å². The van der Waals surface area contributed by atoms with E-state index < -0.39 is 5.97 Å². The highest BCUT2D eigenvalue weighted by atomic mass is 33.1. The molecule has 1 rings (SSSR count). The first kappa shape index (κ1) is 11.9. The average Bonchev–Trinajstić information content (AvgIpc) is 2.18. The Labute approximate surface area is 91.4 Å². The second-order valence-corrected chi connectivity index (χ2v) is 5.95. The zero-order chi connectivity index (χ0) is 10.4. The largest absolute Gasteiger partial charge is 0.481 e. The Morgan fingerprint density at radius 3 is 2.71 bits per heavy atom. The minimum atomic E-state index is -0.816. The first-order valence-corrected chi connectivity index (χ1v) is 7.11. The summed E-state index contributed by atoms with van der Waals surface area (Å²) in [7, 11) is 3.40. The van der Waals surface area contributed by atoms with Crippen LogP contribution in [-0.4, -0.2) is 27.9 Å². The van der Waals surface area contributed by atoms with Crippen LogP contribution in [0.4, 0.5) is 0 Å². The molecular weight excluding hydrogens is 220 g/mol. The molecule has 0 saturated carbocycles. The highest BCUT2D eigenvalue weighted by Crippen LogP contribution is 2.36. The third-order valence-electron chi connectivity index (χ3n) is 2.05. The number of carbonyl (C=O) groups excluding carboxylic acids is 1. The van der Waals surface area contributed by atoms with Crippen LogP contribution < -0.4 is 0 Å². The van der Waals surface area contributed by atoms with Crippen LogP contribution in [0.3, 0.4) is 0 Å². The van der Waals surface area contributed by atoms with Gasteiger partial charge in [-0.15, -0.1) is 0 Å². The minimum absolute atomic E-state index is 0.107. The molecule has 0 bridgehead atoms. The molecular formula is C9H14O3S2. The van der Waals surface area contributed by atoms with E-state index in [0.29, 0.717) is 12.8 Å². The summed E-state index contributed by atoms with van der Waals surface area (Å²) in [5.41, 5.74) is 0. The van der Waals surface area contributed by atoms with Crippen molar-refractivity contribution in [2.75, 3.05) is 5.75 Å². The summed E-state index contributed by atoms with van der Waals surface area (Å²) < 4.78 is 0. The molecule has 0 aromatic rings. The van der Waals surface area contributed by atoms with Gasteiger partial charge in [0.2, 0.25) is 0 Å². The Kier molecular flexibility index (Phi) is 5.40. The third kappa shape index (κ3) is 4.37. The SMILES string of the molecule is O=C(O)CCCC(=O)C1CCCSS1. The van der Waals surface area contributed by atoms with E-state index in [9.17, 15) is 9.59 Å². The van der Waals surface area contributed by atoms with Crippen LogP contribution in [0.5, 0.6) is 0 Å². The summed E-state index contributed by atoms with van der Waals surface area (Å²) in [5.74, 6) is 0.538. The number of Topliss-reactive ketones (excluding diaryl/α,β-unsaturated/α-hetero) is 1. The van der Waals surface area contributed by atoms with Crippen molar-refractivity contribution in [1.82, 2.24) is 0 Å². The van der Waals surface area contributed by atoms with Crippen LogP contribution in [0.2, 0.25) is 0 Å². The lowest BCUT2D eigenvalue weighted by atomic mass is 10.1. The fourth-order valence-corrected chi connectivity index (χ4v) is 4.07. The van der Waals surface area contributed by atoms with Crippen molar-refractivity contribution in [1.29, 1.82) is 0 Å². The molecule has 14 heavy (non-hydrogen) atoms. The van der Waals surface area contributed by atoms with Crippen LogP contribution >= 0.6 is 21.6 Å². The van der Waals surface area contributed by atoms with Crippen molar-refractivity contribution >= 4 is 33.3 Å². The Hall–Kier alpha value is -0.160. The van der Waals surface area contributed by atoms with E-state index in [2.05, 4.69) is 0 Å². The lowest BCUT2D eigenvalue weighted by Crippen LogP contribution is -2.19. The lowest BCUT2D eigenvalue weighted by molar-refractivity contribution is -0.137. The van der Waals surface area contributed by atoms with Crippen molar-refractivity contribution in [3.05, 3.63) is 0 Å². The van der Waals surface area contributed by atoms with Gasteiger partial charge in [0, 0.05) is 18.6 Å². The van der Waals surface area contributed by atoms with Gasteiger partial charge in [0.05, 0.1) is 5.25 Å². The fraction of sp³-hybridized carbons (Fsp3) is 0.778. The topological polar surface area (TPSA) is 54.4 Å². The Bertz CT molecular complexity index is 212. The molecule has 1 N–H and O–H groups in total. The number of carboxylic acids is 1. The highest BCUT2D eigenvalue weighted by molar-refractivity contribution is 8.77. The number of carboxylic acid groups (broad SMARTS) is 1. The summed E-state index contributed by atoms with van der Waals surface area (Å²) in [4.78, 5) is 21.8. The quantitative estimate of drug-likeness (QED) is 0.740. The fourth-order valence-electron chi connectivity index (χ4n) is 1.30.